The fourth-order valence-electron chi connectivity index (χ4n) is 3.32. The maximum atomic E-state index is 12.8. The van der Waals surface area contributed by atoms with Crippen LogP contribution in [0, 0.1) is 0 Å². The van der Waals surface area contributed by atoms with Crippen LogP contribution in [0.1, 0.15) is 29.9 Å². The van der Waals surface area contributed by atoms with Gasteiger partial charge in [0.15, 0.2) is 0 Å². The largest absolute Gasteiger partial charge is 0.336 e. The SMILES string of the molecule is CN(CC(=O)Nc1ccccc1Cl)C(=O)C1CCCc2ccccc21. The molecule has 130 valence electrons. The van der Waals surface area contributed by atoms with Crippen LogP contribution in [0.5, 0.6) is 0 Å². The van der Waals surface area contributed by atoms with Crippen molar-refractivity contribution in [3.05, 3.63) is 64.7 Å². The summed E-state index contributed by atoms with van der Waals surface area (Å²) in [5.41, 5.74) is 2.89. The first kappa shape index (κ1) is 17.5. The molecule has 2 aromatic rings. The number of hydrogen-bond donors (Lipinski definition) is 1. The smallest absolute Gasteiger partial charge is 0.244 e. The summed E-state index contributed by atoms with van der Waals surface area (Å²) in [7, 11) is 1.67. The van der Waals surface area contributed by atoms with Gasteiger partial charge in [0.25, 0.3) is 0 Å². The molecule has 25 heavy (non-hydrogen) atoms. The van der Waals surface area contributed by atoms with Crippen molar-refractivity contribution in [1.82, 2.24) is 4.90 Å². The van der Waals surface area contributed by atoms with Crippen LogP contribution in [0.2, 0.25) is 5.02 Å². The fraction of sp³-hybridized carbons (Fsp3) is 0.300. The summed E-state index contributed by atoms with van der Waals surface area (Å²) in [5, 5.41) is 3.23. The molecule has 0 saturated carbocycles. The molecular formula is C20H21ClN2O2. The average Bonchev–Trinajstić information content (AvgIpc) is 2.62. The summed E-state index contributed by atoms with van der Waals surface area (Å²) in [6, 6.07) is 15.1. The number of aryl methyl sites for hydroxylation is 1. The summed E-state index contributed by atoms with van der Waals surface area (Å²) >= 11 is 6.05. The molecule has 0 aliphatic heterocycles. The van der Waals surface area contributed by atoms with E-state index in [2.05, 4.69) is 11.4 Å². The zero-order chi connectivity index (χ0) is 17.8. The van der Waals surface area contributed by atoms with Crippen molar-refractivity contribution < 1.29 is 9.59 Å². The Morgan fingerprint density at radius 3 is 2.68 bits per heavy atom. The first-order valence-electron chi connectivity index (χ1n) is 8.43. The van der Waals surface area contributed by atoms with Gasteiger partial charge in [0.2, 0.25) is 11.8 Å². The third kappa shape index (κ3) is 4.02. The molecule has 1 aliphatic carbocycles. The molecule has 4 nitrogen and oxygen atoms in total. The first-order valence-corrected chi connectivity index (χ1v) is 8.81. The number of fused-ring (bicyclic) bond motifs is 1. The Balaban J connectivity index is 1.65. The zero-order valence-electron chi connectivity index (χ0n) is 14.2. The van der Waals surface area contributed by atoms with E-state index in [1.54, 1.807) is 31.3 Å². The molecule has 3 rings (SSSR count). The third-order valence-electron chi connectivity index (χ3n) is 4.57. The molecule has 0 radical (unpaired) electrons. The number of carbonyl (C=O) groups is 2. The number of halogens is 1. The molecule has 2 aromatic carbocycles. The molecule has 1 unspecified atom stereocenters. The van der Waals surface area contributed by atoms with Crippen LogP contribution < -0.4 is 5.32 Å². The Kier molecular flexibility index (Phi) is 5.39. The minimum atomic E-state index is -0.256. The van der Waals surface area contributed by atoms with Crippen molar-refractivity contribution in [1.29, 1.82) is 0 Å². The topological polar surface area (TPSA) is 49.4 Å². The summed E-state index contributed by atoms with van der Waals surface area (Å²) in [6.45, 7) is 0.00270. The second-order valence-corrected chi connectivity index (χ2v) is 6.77. The number of likely N-dealkylation sites (N-methyl/N-ethyl adjacent to an activating group) is 1. The van der Waals surface area contributed by atoms with E-state index in [0.717, 1.165) is 24.8 Å². The monoisotopic (exact) mass is 356 g/mol. The highest BCUT2D eigenvalue weighted by Gasteiger charge is 2.29. The molecule has 0 saturated heterocycles. The predicted octanol–water partition coefficient (Wildman–Crippen LogP) is 3.86. The van der Waals surface area contributed by atoms with Crippen LogP contribution in [0.3, 0.4) is 0 Å². The van der Waals surface area contributed by atoms with Crippen LogP contribution in [-0.4, -0.2) is 30.3 Å². The number of carbonyl (C=O) groups excluding carboxylic acids is 2. The van der Waals surface area contributed by atoms with Gasteiger partial charge in [0, 0.05) is 7.05 Å². The Morgan fingerprint density at radius 1 is 1.16 bits per heavy atom. The summed E-state index contributed by atoms with van der Waals surface area (Å²) in [6.07, 6.45) is 2.83. The molecule has 0 fully saturated rings. The maximum absolute atomic E-state index is 12.8. The Morgan fingerprint density at radius 2 is 1.88 bits per heavy atom. The summed E-state index contributed by atoms with van der Waals surface area (Å²) in [5.74, 6) is -0.433. The molecule has 0 spiro atoms. The van der Waals surface area contributed by atoms with Gasteiger partial charge in [0.1, 0.15) is 0 Å². The van der Waals surface area contributed by atoms with Crippen molar-refractivity contribution in [3.63, 3.8) is 0 Å². The predicted molar refractivity (Wildman–Crippen MR) is 99.8 cm³/mol. The van der Waals surface area contributed by atoms with Gasteiger partial charge in [-0.05, 0) is 42.5 Å². The van der Waals surface area contributed by atoms with Gasteiger partial charge in [0.05, 0.1) is 23.2 Å². The van der Waals surface area contributed by atoms with Crippen molar-refractivity contribution in [2.45, 2.75) is 25.2 Å². The Labute approximate surface area is 152 Å². The van der Waals surface area contributed by atoms with Crippen molar-refractivity contribution in [2.75, 3.05) is 18.9 Å². The average molecular weight is 357 g/mol. The van der Waals surface area contributed by atoms with Gasteiger partial charge >= 0.3 is 0 Å². The lowest BCUT2D eigenvalue weighted by molar-refractivity contribution is -0.134. The van der Waals surface area contributed by atoms with Gasteiger partial charge in [-0.15, -0.1) is 0 Å². The number of rotatable bonds is 4. The molecular weight excluding hydrogens is 336 g/mol. The van der Waals surface area contributed by atoms with Crippen LogP contribution in [0.4, 0.5) is 5.69 Å². The van der Waals surface area contributed by atoms with E-state index in [1.165, 1.54) is 10.5 Å². The fourth-order valence-corrected chi connectivity index (χ4v) is 3.51. The molecule has 1 aliphatic rings. The lowest BCUT2D eigenvalue weighted by Crippen LogP contribution is -2.38. The van der Waals surface area contributed by atoms with E-state index in [1.807, 2.05) is 18.2 Å². The lowest BCUT2D eigenvalue weighted by atomic mass is 9.82. The quantitative estimate of drug-likeness (QED) is 0.904. The summed E-state index contributed by atoms with van der Waals surface area (Å²) in [4.78, 5) is 26.6. The van der Waals surface area contributed by atoms with Crippen LogP contribution in [0.15, 0.2) is 48.5 Å². The standard InChI is InChI=1S/C20H21ClN2O2/c1-23(13-19(24)22-18-12-5-4-11-17(18)21)20(25)16-10-6-8-14-7-2-3-9-15(14)16/h2-5,7,9,11-12,16H,6,8,10,13H2,1H3,(H,22,24). The first-order chi connectivity index (χ1) is 12.1. The molecule has 0 aromatic heterocycles. The van der Waals surface area contributed by atoms with Gasteiger partial charge in [-0.3, -0.25) is 9.59 Å². The Bertz CT molecular complexity index is 791. The molecule has 1 N–H and O–H groups in total. The molecule has 0 bridgehead atoms. The van der Waals surface area contributed by atoms with E-state index in [4.69, 9.17) is 11.6 Å². The zero-order valence-corrected chi connectivity index (χ0v) is 14.9. The van der Waals surface area contributed by atoms with E-state index >= 15 is 0 Å². The molecule has 2 amide bonds. The van der Waals surface area contributed by atoms with Gasteiger partial charge in [-0.1, -0.05) is 48.0 Å². The van der Waals surface area contributed by atoms with E-state index in [-0.39, 0.29) is 24.3 Å². The number of para-hydroxylation sites is 1. The van der Waals surface area contributed by atoms with E-state index < -0.39 is 0 Å². The second-order valence-electron chi connectivity index (χ2n) is 6.37. The van der Waals surface area contributed by atoms with Crippen LogP contribution in [0.25, 0.3) is 0 Å². The number of benzene rings is 2. The number of amides is 2. The normalized spacial score (nSPS) is 16.0. The number of nitrogens with zero attached hydrogens (tertiary/aromatic N) is 1. The number of nitrogens with one attached hydrogen (secondary N) is 1. The highest BCUT2D eigenvalue weighted by atomic mass is 35.5. The Hall–Kier alpha value is -2.33. The van der Waals surface area contributed by atoms with E-state index in [0.29, 0.717) is 10.7 Å². The lowest BCUT2D eigenvalue weighted by Gasteiger charge is -2.28. The minimum absolute atomic E-state index is 0.00270. The van der Waals surface area contributed by atoms with Crippen molar-refractivity contribution >= 4 is 29.1 Å². The van der Waals surface area contributed by atoms with Gasteiger partial charge in [-0.2, -0.15) is 0 Å². The van der Waals surface area contributed by atoms with E-state index in [9.17, 15) is 9.59 Å². The summed E-state index contributed by atoms with van der Waals surface area (Å²) < 4.78 is 0. The highest BCUT2D eigenvalue weighted by molar-refractivity contribution is 6.33. The molecule has 0 heterocycles. The van der Waals surface area contributed by atoms with Crippen LogP contribution >= 0.6 is 11.6 Å². The van der Waals surface area contributed by atoms with Gasteiger partial charge < -0.3 is 10.2 Å². The highest BCUT2D eigenvalue weighted by Crippen LogP contribution is 2.32. The van der Waals surface area contributed by atoms with Crippen LogP contribution in [-0.2, 0) is 16.0 Å². The van der Waals surface area contributed by atoms with Gasteiger partial charge in [-0.25, -0.2) is 0 Å². The number of hydrogen-bond acceptors (Lipinski definition) is 2. The molecule has 1 atom stereocenters. The third-order valence-corrected chi connectivity index (χ3v) is 4.90. The molecule has 5 heteroatoms. The minimum Gasteiger partial charge on any atom is -0.336 e. The van der Waals surface area contributed by atoms with Crippen molar-refractivity contribution in [3.8, 4) is 0 Å². The maximum Gasteiger partial charge on any atom is 0.244 e. The second kappa shape index (κ2) is 7.70. The number of anilines is 1. The van der Waals surface area contributed by atoms with Crippen molar-refractivity contribution in [2.24, 2.45) is 0 Å².